The number of hydrogen-bond donors (Lipinski definition) is 5. The maximum absolute atomic E-state index is 11.6. The Morgan fingerprint density at radius 3 is 2.42 bits per heavy atom. The van der Waals surface area contributed by atoms with E-state index < -0.39 is 23.9 Å². The normalized spacial score (nSPS) is 14.8. The number of rotatable bonds is 10. The van der Waals surface area contributed by atoms with E-state index in [2.05, 4.69) is 10.6 Å². The van der Waals surface area contributed by atoms with Crippen LogP contribution in [-0.2, 0) is 4.79 Å². The first-order chi connectivity index (χ1) is 14.8. The first-order valence-corrected chi connectivity index (χ1v) is 10.9. The third-order valence-corrected chi connectivity index (χ3v) is 6.24. The van der Waals surface area contributed by atoms with E-state index in [-0.39, 0.29) is 18.2 Å². The molecular formula is C21H26N4O5S. The Bertz CT molecular complexity index is 938. The second kappa shape index (κ2) is 10.3. The van der Waals surface area contributed by atoms with Crippen LogP contribution >= 0.6 is 11.3 Å². The zero-order valence-corrected chi connectivity index (χ0v) is 17.7. The number of carbonyl (C=O) groups excluding carboxylic acids is 2. The minimum Gasteiger partial charge on any atom is -0.494 e. The number of carbonyl (C=O) groups is 3. The van der Waals surface area contributed by atoms with Gasteiger partial charge in [0, 0.05) is 17.3 Å². The van der Waals surface area contributed by atoms with Crippen molar-refractivity contribution < 1.29 is 24.2 Å². The fourth-order valence-electron chi connectivity index (χ4n) is 3.59. The van der Waals surface area contributed by atoms with Crippen molar-refractivity contribution in [3.8, 4) is 16.2 Å². The number of ether oxygens (including phenoxy) is 1. The number of nitrogens with two attached hydrogens (primary N) is 2. The number of aliphatic carboxylic acids is 1. The van der Waals surface area contributed by atoms with Gasteiger partial charge in [0.1, 0.15) is 16.8 Å². The Hall–Kier alpha value is -3.11. The summed E-state index contributed by atoms with van der Waals surface area (Å²) in [6, 6.07) is 7.61. The number of thiophene rings is 1. The summed E-state index contributed by atoms with van der Waals surface area (Å²) in [5, 5.41) is 15.3. The van der Waals surface area contributed by atoms with Crippen LogP contribution in [0.2, 0.25) is 0 Å². The van der Waals surface area contributed by atoms with E-state index in [4.69, 9.17) is 16.2 Å². The second-order valence-corrected chi connectivity index (χ2v) is 8.46. The molecule has 1 fully saturated rings. The molecule has 10 heteroatoms. The van der Waals surface area contributed by atoms with Crippen molar-refractivity contribution in [3.05, 3.63) is 35.9 Å². The zero-order valence-electron chi connectivity index (χ0n) is 16.9. The number of primary amides is 2. The van der Waals surface area contributed by atoms with E-state index in [1.54, 1.807) is 18.2 Å². The lowest BCUT2D eigenvalue weighted by molar-refractivity contribution is -0.140. The molecule has 1 heterocycles. The van der Waals surface area contributed by atoms with Crippen LogP contribution in [0, 0.1) is 0 Å². The summed E-state index contributed by atoms with van der Waals surface area (Å²) in [6.45, 7) is 0.271. The van der Waals surface area contributed by atoms with Crippen LogP contribution in [0.1, 0.15) is 42.5 Å². The van der Waals surface area contributed by atoms with Crippen LogP contribution in [0.15, 0.2) is 30.3 Å². The van der Waals surface area contributed by atoms with Gasteiger partial charge in [-0.1, -0.05) is 12.8 Å². The molecule has 3 amide bonds. The molecule has 0 unspecified atom stereocenters. The van der Waals surface area contributed by atoms with E-state index in [1.807, 2.05) is 12.1 Å². The van der Waals surface area contributed by atoms with Crippen molar-refractivity contribution in [2.75, 3.05) is 11.9 Å². The van der Waals surface area contributed by atoms with Crippen LogP contribution in [0.4, 0.5) is 9.80 Å². The summed E-state index contributed by atoms with van der Waals surface area (Å²) >= 11 is 1.19. The van der Waals surface area contributed by atoms with Gasteiger partial charge in [0.25, 0.3) is 5.91 Å². The first-order valence-electron chi connectivity index (χ1n) is 10.1. The molecule has 2 aromatic rings. The molecule has 0 spiro atoms. The molecule has 0 bridgehead atoms. The average molecular weight is 447 g/mol. The lowest BCUT2D eigenvalue weighted by atomic mass is 10.1. The van der Waals surface area contributed by atoms with Crippen molar-refractivity contribution in [3.63, 3.8) is 0 Å². The van der Waals surface area contributed by atoms with E-state index in [1.165, 1.54) is 11.3 Å². The monoisotopic (exact) mass is 446 g/mol. The topological polar surface area (TPSA) is 157 Å². The summed E-state index contributed by atoms with van der Waals surface area (Å²) < 4.78 is 5.71. The molecule has 9 nitrogen and oxygen atoms in total. The minimum atomic E-state index is -0.867. The molecule has 31 heavy (non-hydrogen) atoms. The Morgan fingerprint density at radius 1 is 1.16 bits per heavy atom. The lowest BCUT2D eigenvalue weighted by Crippen LogP contribution is -2.43. The largest absolute Gasteiger partial charge is 0.494 e. The molecule has 1 aromatic heterocycles. The van der Waals surface area contributed by atoms with Crippen LogP contribution in [0.3, 0.4) is 0 Å². The maximum Gasteiger partial charge on any atom is 0.320 e. The van der Waals surface area contributed by atoms with E-state index in [9.17, 15) is 19.5 Å². The van der Waals surface area contributed by atoms with Crippen LogP contribution in [0.25, 0.3) is 10.4 Å². The number of amides is 3. The molecule has 0 radical (unpaired) electrons. The van der Waals surface area contributed by atoms with Crippen molar-refractivity contribution in [2.45, 2.75) is 44.2 Å². The molecule has 7 N–H and O–H groups in total. The van der Waals surface area contributed by atoms with Gasteiger partial charge >= 0.3 is 12.0 Å². The first kappa shape index (κ1) is 22.6. The smallest absolute Gasteiger partial charge is 0.320 e. The van der Waals surface area contributed by atoms with Crippen molar-refractivity contribution in [1.29, 1.82) is 0 Å². The van der Waals surface area contributed by atoms with Gasteiger partial charge in [-0.2, -0.15) is 0 Å². The minimum absolute atomic E-state index is 0.189. The third-order valence-electron chi connectivity index (χ3n) is 5.14. The highest BCUT2D eigenvalue weighted by Gasteiger charge is 2.23. The fraction of sp³-hybridized carbons (Fsp3) is 0.381. The number of benzene rings is 1. The maximum atomic E-state index is 11.6. The summed E-state index contributed by atoms with van der Waals surface area (Å²) in [5.41, 5.74) is 11.5. The van der Waals surface area contributed by atoms with Gasteiger partial charge in [0.2, 0.25) is 0 Å². The summed E-state index contributed by atoms with van der Waals surface area (Å²) in [5.74, 6) is -0.921. The van der Waals surface area contributed by atoms with Gasteiger partial charge < -0.3 is 26.6 Å². The predicted molar refractivity (Wildman–Crippen MR) is 118 cm³/mol. The molecule has 0 saturated heterocycles. The predicted octanol–water partition coefficient (Wildman–Crippen LogP) is 2.76. The highest BCUT2D eigenvalue weighted by Crippen LogP contribution is 2.36. The van der Waals surface area contributed by atoms with Gasteiger partial charge in [-0.15, -0.1) is 11.3 Å². The molecule has 166 valence electrons. The highest BCUT2D eigenvalue weighted by molar-refractivity contribution is 7.20. The Balaban J connectivity index is 1.59. The Kier molecular flexibility index (Phi) is 7.48. The number of hydrogen-bond acceptors (Lipinski definition) is 6. The van der Waals surface area contributed by atoms with Gasteiger partial charge in [0.05, 0.1) is 12.2 Å². The Morgan fingerprint density at radius 2 is 1.84 bits per heavy atom. The zero-order chi connectivity index (χ0) is 22.4. The second-order valence-electron chi connectivity index (χ2n) is 7.41. The number of carboxylic acid groups (broad SMARTS) is 1. The molecule has 1 saturated carbocycles. The summed E-state index contributed by atoms with van der Waals surface area (Å²) in [6.07, 6.45) is 4.67. The van der Waals surface area contributed by atoms with Crippen LogP contribution in [-0.4, -0.2) is 41.7 Å². The van der Waals surface area contributed by atoms with E-state index >= 15 is 0 Å². The Labute approximate surface area is 183 Å². The SMILES string of the molecule is NC(=O)Nc1sc(-c2ccc(OCC[C@@H](NC3CCCC3)C(=O)O)cc2)cc1C(N)=O. The quantitative estimate of drug-likeness (QED) is 0.378. The van der Waals surface area contributed by atoms with E-state index in [0.717, 1.165) is 36.1 Å². The number of anilines is 1. The van der Waals surface area contributed by atoms with Crippen LogP contribution < -0.4 is 26.8 Å². The number of carboxylic acids is 1. The van der Waals surface area contributed by atoms with Gasteiger partial charge in [-0.05, 0) is 48.7 Å². The van der Waals surface area contributed by atoms with Crippen LogP contribution in [0.5, 0.6) is 5.75 Å². The van der Waals surface area contributed by atoms with Crippen molar-refractivity contribution >= 4 is 34.2 Å². The van der Waals surface area contributed by atoms with Crippen molar-refractivity contribution in [2.24, 2.45) is 11.5 Å². The number of urea groups is 1. The molecule has 1 aromatic carbocycles. The third kappa shape index (κ3) is 6.19. The van der Waals surface area contributed by atoms with Gasteiger partial charge in [-0.3, -0.25) is 14.9 Å². The van der Waals surface area contributed by atoms with Crippen molar-refractivity contribution in [1.82, 2.24) is 5.32 Å². The highest BCUT2D eigenvalue weighted by atomic mass is 32.1. The molecule has 1 aliphatic carbocycles. The lowest BCUT2D eigenvalue weighted by Gasteiger charge is -2.19. The molecule has 0 aliphatic heterocycles. The molecule has 1 atom stereocenters. The number of nitrogens with one attached hydrogen (secondary N) is 2. The van der Waals surface area contributed by atoms with Gasteiger partial charge in [-0.25, -0.2) is 4.79 Å². The fourth-order valence-corrected chi connectivity index (χ4v) is 4.66. The standard InChI is InChI=1S/C21H26N4O5S/c22-18(26)15-11-17(31-19(15)25-21(23)29)12-5-7-14(8-6-12)30-10-9-16(20(27)28)24-13-3-1-2-4-13/h5-8,11,13,16,24H,1-4,9-10H2,(H2,22,26)(H,27,28)(H3,23,25,29)/t16-/m1/s1. The average Bonchev–Trinajstić information content (AvgIpc) is 3.37. The molecule has 1 aliphatic rings. The summed E-state index contributed by atoms with van der Waals surface area (Å²) in [7, 11) is 0. The molecular weight excluding hydrogens is 420 g/mol. The van der Waals surface area contributed by atoms with E-state index in [0.29, 0.717) is 17.2 Å². The summed E-state index contributed by atoms with van der Waals surface area (Å²) in [4.78, 5) is 35.0. The van der Waals surface area contributed by atoms with Gasteiger partial charge in [0.15, 0.2) is 0 Å². The molecule has 3 rings (SSSR count).